The Labute approximate surface area is 105 Å². The predicted octanol–water partition coefficient (Wildman–Crippen LogP) is 3.59. The second-order valence-corrected chi connectivity index (χ2v) is 5.84. The zero-order valence-corrected chi connectivity index (χ0v) is 11.3. The van der Waals surface area contributed by atoms with Gasteiger partial charge < -0.3 is 4.74 Å². The Balaban J connectivity index is 1.61. The molecule has 98 valence electrons. The van der Waals surface area contributed by atoms with Crippen LogP contribution in [0.15, 0.2) is 0 Å². The average Bonchev–Trinajstić information content (AvgIpc) is 2.65. The Morgan fingerprint density at radius 1 is 1.35 bits per heavy atom. The third-order valence-electron chi connectivity index (χ3n) is 4.90. The van der Waals surface area contributed by atoms with Crippen LogP contribution in [-0.4, -0.2) is 19.0 Å². The SMILES string of the molecule is CCC(CCCCC1CCC2CC(=O)C12)OC. The summed E-state index contributed by atoms with van der Waals surface area (Å²) in [7, 11) is 1.81. The van der Waals surface area contributed by atoms with Gasteiger partial charge in [-0.2, -0.15) is 0 Å². The summed E-state index contributed by atoms with van der Waals surface area (Å²) in [6, 6.07) is 0. The van der Waals surface area contributed by atoms with Crippen LogP contribution in [-0.2, 0) is 9.53 Å². The Kier molecular flexibility index (Phi) is 4.61. The van der Waals surface area contributed by atoms with Gasteiger partial charge in [0, 0.05) is 19.4 Å². The van der Waals surface area contributed by atoms with E-state index in [1.54, 1.807) is 0 Å². The van der Waals surface area contributed by atoms with E-state index in [2.05, 4.69) is 6.92 Å². The molecule has 0 amide bonds. The van der Waals surface area contributed by atoms with Crippen molar-refractivity contribution in [1.82, 2.24) is 0 Å². The van der Waals surface area contributed by atoms with Gasteiger partial charge in [0.2, 0.25) is 0 Å². The number of Topliss-reactive ketones (excluding diaryl/α,β-unsaturated/α-hetero) is 1. The molecule has 0 aromatic rings. The van der Waals surface area contributed by atoms with Gasteiger partial charge >= 0.3 is 0 Å². The van der Waals surface area contributed by atoms with E-state index >= 15 is 0 Å². The van der Waals surface area contributed by atoms with Gasteiger partial charge in [0.05, 0.1) is 6.10 Å². The third-order valence-corrected chi connectivity index (χ3v) is 4.90. The molecule has 2 heteroatoms. The van der Waals surface area contributed by atoms with E-state index in [1.165, 1.54) is 38.5 Å². The molecule has 2 saturated carbocycles. The lowest BCUT2D eigenvalue weighted by Gasteiger charge is -2.32. The van der Waals surface area contributed by atoms with Crippen LogP contribution in [0.4, 0.5) is 0 Å². The molecule has 2 aliphatic rings. The Morgan fingerprint density at radius 3 is 2.82 bits per heavy atom. The summed E-state index contributed by atoms with van der Waals surface area (Å²) in [5.74, 6) is 2.53. The van der Waals surface area contributed by atoms with E-state index in [4.69, 9.17) is 4.74 Å². The van der Waals surface area contributed by atoms with Crippen LogP contribution in [0.2, 0.25) is 0 Å². The second-order valence-electron chi connectivity index (χ2n) is 5.84. The van der Waals surface area contributed by atoms with Crippen molar-refractivity contribution in [2.24, 2.45) is 17.8 Å². The van der Waals surface area contributed by atoms with Gasteiger partial charge in [0.1, 0.15) is 5.78 Å². The van der Waals surface area contributed by atoms with Crippen LogP contribution >= 0.6 is 0 Å². The standard InChI is InChI=1S/C15H26O2/c1-3-13(17-2)7-5-4-6-11-8-9-12-10-14(16)15(11)12/h11-13,15H,3-10H2,1-2H3. The minimum Gasteiger partial charge on any atom is -0.381 e. The Bertz CT molecular complexity index is 258. The number of hydrogen-bond acceptors (Lipinski definition) is 2. The molecular weight excluding hydrogens is 212 g/mol. The number of ether oxygens (including phenoxy) is 1. The van der Waals surface area contributed by atoms with E-state index in [9.17, 15) is 4.79 Å². The molecule has 0 aromatic heterocycles. The van der Waals surface area contributed by atoms with E-state index in [0.29, 0.717) is 17.8 Å². The number of unbranched alkanes of at least 4 members (excludes halogenated alkanes) is 1. The largest absolute Gasteiger partial charge is 0.381 e. The van der Waals surface area contributed by atoms with Gasteiger partial charge in [-0.15, -0.1) is 0 Å². The molecule has 17 heavy (non-hydrogen) atoms. The molecule has 2 nitrogen and oxygen atoms in total. The van der Waals surface area contributed by atoms with Crippen molar-refractivity contribution in [3.8, 4) is 0 Å². The molecule has 0 heterocycles. The number of ketones is 1. The molecule has 2 fully saturated rings. The number of rotatable bonds is 7. The normalized spacial score (nSPS) is 33.3. The highest BCUT2D eigenvalue weighted by atomic mass is 16.5. The molecular formula is C15H26O2. The molecule has 0 saturated heterocycles. The maximum atomic E-state index is 11.5. The van der Waals surface area contributed by atoms with Crippen molar-refractivity contribution in [3.05, 3.63) is 0 Å². The summed E-state index contributed by atoms with van der Waals surface area (Å²) >= 11 is 0. The number of carbonyl (C=O) groups is 1. The fraction of sp³-hybridized carbons (Fsp3) is 0.933. The van der Waals surface area contributed by atoms with Crippen LogP contribution in [0.1, 0.15) is 58.3 Å². The first kappa shape index (κ1) is 13.1. The summed E-state index contributed by atoms with van der Waals surface area (Å²) in [5.41, 5.74) is 0. The number of carbonyl (C=O) groups excluding carboxylic acids is 1. The second kappa shape index (κ2) is 5.99. The lowest BCUT2D eigenvalue weighted by molar-refractivity contribution is -0.134. The molecule has 0 spiro atoms. The fourth-order valence-electron chi connectivity index (χ4n) is 3.75. The van der Waals surface area contributed by atoms with Crippen molar-refractivity contribution in [2.75, 3.05) is 7.11 Å². The lowest BCUT2D eigenvalue weighted by Crippen LogP contribution is -2.36. The molecule has 0 aliphatic heterocycles. The molecule has 0 N–H and O–H groups in total. The average molecular weight is 238 g/mol. The lowest BCUT2D eigenvalue weighted by atomic mass is 9.70. The monoisotopic (exact) mass is 238 g/mol. The highest BCUT2D eigenvalue weighted by Crippen LogP contribution is 2.49. The summed E-state index contributed by atoms with van der Waals surface area (Å²) in [4.78, 5) is 11.5. The Morgan fingerprint density at radius 2 is 2.18 bits per heavy atom. The maximum Gasteiger partial charge on any atom is 0.136 e. The highest BCUT2D eigenvalue weighted by Gasteiger charge is 2.48. The smallest absolute Gasteiger partial charge is 0.136 e. The van der Waals surface area contributed by atoms with Gasteiger partial charge in [-0.3, -0.25) is 4.79 Å². The maximum absolute atomic E-state index is 11.5. The summed E-state index contributed by atoms with van der Waals surface area (Å²) in [6.07, 6.45) is 10.1. The van der Waals surface area contributed by atoms with Gasteiger partial charge in [-0.05, 0) is 43.9 Å². The van der Waals surface area contributed by atoms with Gasteiger partial charge in [0.15, 0.2) is 0 Å². The van der Waals surface area contributed by atoms with E-state index in [-0.39, 0.29) is 0 Å². The minimum absolute atomic E-state index is 0.441. The summed E-state index contributed by atoms with van der Waals surface area (Å²) in [6.45, 7) is 2.18. The molecule has 2 rings (SSSR count). The topological polar surface area (TPSA) is 26.3 Å². The summed E-state index contributed by atoms with van der Waals surface area (Å²) in [5, 5.41) is 0. The minimum atomic E-state index is 0.441. The zero-order valence-electron chi connectivity index (χ0n) is 11.3. The molecule has 0 bridgehead atoms. The predicted molar refractivity (Wildman–Crippen MR) is 68.9 cm³/mol. The van der Waals surface area contributed by atoms with Crippen molar-refractivity contribution in [1.29, 1.82) is 0 Å². The quantitative estimate of drug-likeness (QED) is 0.634. The van der Waals surface area contributed by atoms with Crippen LogP contribution in [0.5, 0.6) is 0 Å². The molecule has 0 aromatic carbocycles. The fourth-order valence-corrected chi connectivity index (χ4v) is 3.75. The summed E-state index contributed by atoms with van der Waals surface area (Å²) < 4.78 is 5.38. The Hall–Kier alpha value is -0.370. The van der Waals surface area contributed by atoms with E-state index in [1.807, 2.05) is 7.11 Å². The van der Waals surface area contributed by atoms with Crippen molar-refractivity contribution in [3.63, 3.8) is 0 Å². The van der Waals surface area contributed by atoms with Crippen LogP contribution in [0.25, 0.3) is 0 Å². The first-order valence-corrected chi connectivity index (χ1v) is 7.31. The van der Waals surface area contributed by atoms with Crippen LogP contribution in [0.3, 0.4) is 0 Å². The van der Waals surface area contributed by atoms with Crippen molar-refractivity contribution >= 4 is 5.78 Å². The number of fused-ring (bicyclic) bond motifs is 1. The number of hydrogen-bond donors (Lipinski definition) is 0. The van der Waals surface area contributed by atoms with Gasteiger partial charge in [0.25, 0.3) is 0 Å². The van der Waals surface area contributed by atoms with E-state index in [0.717, 1.165) is 24.7 Å². The molecule has 0 radical (unpaired) electrons. The van der Waals surface area contributed by atoms with Crippen LogP contribution < -0.4 is 0 Å². The molecule has 4 atom stereocenters. The van der Waals surface area contributed by atoms with Gasteiger partial charge in [-0.25, -0.2) is 0 Å². The highest BCUT2D eigenvalue weighted by molar-refractivity contribution is 5.88. The van der Waals surface area contributed by atoms with Crippen molar-refractivity contribution in [2.45, 2.75) is 64.4 Å². The first-order chi connectivity index (χ1) is 8.26. The zero-order chi connectivity index (χ0) is 12.3. The van der Waals surface area contributed by atoms with Crippen LogP contribution in [0, 0.1) is 17.8 Å². The van der Waals surface area contributed by atoms with E-state index < -0.39 is 0 Å². The number of methoxy groups -OCH3 is 1. The first-order valence-electron chi connectivity index (χ1n) is 7.31. The molecule has 2 aliphatic carbocycles. The molecule has 4 unspecified atom stereocenters. The van der Waals surface area contributed by atoms with Gasteiger partial charge in [-0.1, -0.05) is 19.8 Å². The van der Waals surface area contributed by atoms with Crippen molar-refractivity contribution < 1.29 is 9.53 Å². The third kappa shape index (κ3) is 2.90.